The van der Waals surface area contributed by atoms with Gasteiger partial charge in [-0.2, -0.15) is 10.4 Å². The molecule has 0 bridgehead atoms. The Balaban J connectivity index is 1.53. The van der Waals surface area contributed by atoms with Crippen molar-refractivity contribution in [3.05, 3.63) is 64.7 Å². The van der Waals surface area contributed by atoms with Crippen LogP contribution in [-0.2, 0) is 4.79 Å². The quantitative estimate of drug-likeness (QED) is 0.381. The summed E-state index contributed by atoms with van der Waals surface area (Å²) in [6.45, 7) is 4.54. The summed E-state index contributed by atoms with van der Waals surface area (Å²) in [7, 11) is 3.88. The molecule has 2 aromatic carbocycles. The van der Waals surface area contributed by atoms with E-state index < -0.39 is 5.82 Å². The van der Waals surface area contributed by atoms with Crippen molar-refractivity contribution in [2.24, 2.45) is 0 Å². The van der Waals surface area contributed by atoms with E-state index >= 15 is 4.39 Å². The first-order valence-corrected chi connectivity index (χ1v) is 12.7. The van der Waals surface area contributed by atoms with E-state index in [0.717, 1.165) is 16.5 Å². The van der Waals surface area contributed by atoms with Crippen LogP contribution in [-0.4, -0.2) is 77.7 Å². The van der Waals surface area contributed by atoms with Crippen LogP contribution < -0.4 is 4.90 Å². The summed E-state index contributed by atoms with van der Waals surface area (Å²) in [4.78, 5) is 22.7. The van der Waals surface area contributed by atoms with E-state index in [9.17, 15) is 10.1 Å². The second-order valence-electron chi connectivity index (χ2n) is 9.64. The molecule has 0 atom stereocenters. The number of rotatable bonds is 5. The largest absolute Gasteiger partial charge is 0.366 e. The van der Waals surface area contributed by atoms with Crippen LogP contribution in [0.3, 0.4) is 0 Å². The number of H-pyrrole nitrogens is 1. The van der Waals surface area contributed by atoms with Gasteiger partial charge < -0.3 is 14.7 Å². The number of aromatic amines is 1. The summed E-state index contributed by atoms with van der Waals surface area (Å²) in [6, 6.07) is 7.67. The Hall–Kier alpha value is -4.00. The van der Waals surface area contributed by atoms with Gasteiger partial charge in [0.2, 0.25) is 5.91 Å². The highest BCUT2D eigenvalue weighted by Gasteiger charge is 2.27. The Kier molecular flexibility index (Phi) is 7.02. The maximum Gasteiger partial charge on any atom is 0.246 e. The molecule has 194 valence electrons. The van der Waals surface area contributed by atoms with Crippen LogP contribution in [0.5, 0.6) is 0 Å². The highest BCUT2D eigenvalue weighted by Crippen LogP contribution is 2.42. The fourth-order valence-electron chi connectivity index (χ4n) is 4.98. The number of fused-ring (bicyclic) bond motifs is 2. The van der Waals surface area contributed by atoms with Crippen LogP contribution in [0.2, 0.25) is 5.02 Å². The lowest BCUT2D eigenvalue weighted by Crippen LogP contribution is -2.48. The Morgan fingerprint density at radius 1 is 1.21 bits per heavy atom. The van der Waals surface area contributed by atoms with Gasteiger partial charge in [0.15, 0.2) is 5.82 Å². The van der Waals surface area contributed by atoms with E-state index in [-0.39, 0.29) is 22.0 Å². The van der Waals surface area contributed by atoms with Crippen molar-refractivity contribution < 1.29 is 9.18 Å². The zero-order chi connectivity index (χ0) is 27.0. The van der Waals surface area contributed by atoms with Crippen molar-refractivity contribution in [1.82, 2.24) is 25.0 Å². The maximum absolute atomic E-state index is 16.2. The lowest BCUT2D eigenvalue weighted by molar-refractivity contribution is -0.126. The number of anilines is 1. The minimum Gasteiger partial charge on any atom is -0.366 e. The first-order valence-electron chi connectivity index (χ1n) is 12.3. The third-order valence-corrected chi connectivity index (χ3v) is 7.16. The van der Waals surface area contributed by atoms with Gasteiger partial charge in [-0.05, 0) is 38.7 Å². The average molecular weight is 532 g/mol. The SMILES string of the molecule is Cc1ccc2[nH]ncc2c1-c1c(Cl)cc2c(N3CCN(C(=O)C=CCN(C)C)CC3)c(C#N)cnc2c1F. The second kappa shape index (κ2) is 10.4. The Morgan fingerprint density at radius 3 is 2.68 bits per heavy atom. The molecule has 0 spiro atoms. The van der Waals surface area contributed by atoms with Gasteiger partial charge >= 0.3 is 0 Å². The van der Waals surface area contributed by atoms with E-state index in [1.54, 1.807) is 23.2 Å². The number of hydrogen-bond acceptors (Lipinski definition) is 6. The van der Waals surface area contributed by atoms with E-state index in [2.05, 4.69) is 21.3 Å². The van der Waals surface area contributed by atoms with Crippen molar-refractivity contribution in [3.8, 4) is 17.2 Å². The number of halogens is 2. The van der Waals surface area contributed by atoms with Crippen LogP contribution in [0.4, 0.5) is 10.1 Å². The number of nitrogens with one attached hydrogen (secondary N) is 1. The molecule has 0 radical (unpaired) electrons. The normalized spacial score (nSPS) is 14.2. The third kappa shape index (κ3) is 4.57. The number of nitriles is 1. The number of benzene rings is 2. The van der Waals surface area contributed by atoms with Crippen molar-refractivity contribution in [2.75, 3.05) is 51.7 Å². The summed E-state index contributed by atoms with van der Waals surface area (Å²) in [5, 5.41) is 18.3. The standard InChI is InChI=1S/C28H27ClFN7O/c1-17-6-7-22-20(16-33-34-22)24(17)25-21(29)13-19-27(26(25)30)32-15-18(14-31)28(19)37-11-9-36(10-12-37)23(38)5-4-8-35(2)3/h4-7,13,15-16H,8-12H2,1-3H3,(H,33,34). The van der Waals surface area contributed by atoms with Crippen molar-refractivity contribution in [3.63, 3.8) is 0 Å². The average Bonchev–Trinajstić information content (AvgIpc) is 3.38. The summed E-state index contributed by atoms with van der Waals surface area (Å²) < 4.78 is 16.2. The number of carbonyl (C=O) groups is 1. The molecule has 3 heterocycles. The van der Waals surface area contributed by atoms with Crippen molar-refractivity contribution >= 4 is 45.0 Å². The zero-order valence-electron chi connectivity index (χ0n) is 21.4. The van der Waals surface area contributed by atoms with Crippen molar-refractivity contribution in [1.29, 1.82) is 5.26 Å². The molecule has 1 aliphatic rings. The summed E-state index contributed by atoms with van der Waals surface area (Å²) in [5.74, 6) is -0.594. The minimum absolute atomic E-state index is 0.0471. The molecule has 5 rings (SSSR count). The summed E-state index contributed by atoms with van der Waals surface area (Å²) in [5.41, 5.74) is 3.60. The van der Waals surface area contributed by atoms with Crippen LogP contribution in [0.25, 0.3) is 32.9 Å². The summed E-state index contributed by atoms with van der Waals surface area (Å²) in [6.07, 6.45) is 6.50. The number of hydrogen-bond donors (Lipinski definition) is 1. The van der Waals surface area contributed by atoms with Gasteiger partial charge in [0.25, 0.3) is 0 Å². The molecule has 0 aliphatic carbocycles. The lowest BCUT2D eigenvalue weighted by atomic mass is 9.94. The Labute approximate surface area is 224 Å². The van der Waals surface area contributed by atoms with Crippen LogP contribution >= 0.6 is 11.6 Å². The van der Waals surface area contributed by atoms with Crippen LogP contribution in [0, 0.1) is 24.1 Å². The number of piperazine rings is 1. The molecule has 1 fully saturated rings. The number of pyridine rings is 1. The molecule has 8 nitrogen and oxygen atoms in total. The maximum atomic E-state index is 16.2. The molecule has 0 saturated carbocycles. The Bertz CT molecular complexity index is 1610. The smallest absolute Gasteiger partial charge is 0.246 e. The highest BCUT2D eigenvalue weighted by molar-refractivity contribution is 6.35. The Morgan fingerprint density at radius 2 is 1.97 bits per heavy atom. The van der Waals surface area contributed by atoms with Crippen molar-refractivity contribution in [2.45, 2.75) is 6.92 Å². The number of aryl methyl sites for hydroxylation is 1. The molecule has 4 aromatic rings. The fourth-order valence-corrected chi connectivity index (χ4v) is 5.27. The van der Waals surface area contributed by atoms with E-state index in [0.29, 0.717) is 54.9 Å². The highest BCUT2D eigenvalue weighted by atomic mass is 35.5. The number of amides is 1. The minimum atomic E-state index is -0.546. The van der Waals surface area contributed by atoms with Gasteiger partial charge in [-0.1, -0.05) is 23.7 Å². The van der Waals surface area contributed by atoms with Crippen LogP contribution in [0.15, 0.2) is 42.7 Å². The van der Waals surface area contributed by atoms with E-state index in [4.69, 9.17) is 11.6 Å². The van der Waals surface area contributed by atoms with Gasteiger partial charge in [0, 0.05) is 66.9 Å². The molecule has 10 heteroatoms. The topological polar surface area (TPSA) is 92.2 Å². The number of nitrogens with zero attached hydrogens (tertiary/aromatic N) is 6. The molecule has 1 N–H and O–H groups in total. The molecule has 1 aliphatic heterocycles. The zero-order valence-corrected chi connectivity index (χ0v) is 22.2. The monoisotopic (exact) mass is 531 g/mol. The van der Waals surface area contributed by atoms with E-state index in [1.165, 1.54) is 6.20 Å². The molecule has 0 unspecified atom stereocenters. The van der Waals surface area contributed by atoms with Crippen LogP contribution in [0.1, 0.15) is 11.1 Å². The molecule has 2 aromatic heterocycles. The fraction of sp³-hybridized carbons (Fsp3) is 0.286. The molecule has 1 amide bonds. The molecular formula is C28H27ClFN7O. The van der Waals surface area contributed by atoms with Gasteiger partial charge in [-0.25, -0.2) is 4.39 Å². The number of carbonyl (C=O) groups excluding carboxylic acids is 1. The lowest BCUT2D eigenvalue weighted by Gasteiger charge is -2.36. The third-order valence-electron chi connectivity index (χ3n) is 6.87. The predicted octanol–water partition coefficient (Wildman–Crippen LogP) is 4.52. The van der Waals surface area contributed by atoms with Gasteiger partial charge in [0.1, 0.15) is 11.6 Å². The summed E-state index contributed by atoms with van der Waals surface area (Å²) >= 11 is 6.76. The molecule has 38 heavy (non-hydrogen) atoms. The van der Waals surface area contributed by atoms with Gasteiger partial charge in [-0.15, -0.1) is 0 Å². The first kappa shape index (κ1) is 25.6. The number of likely N-dealkylation sites (N-methyl/N-ethyl adjacent to an activating group) is 1. The first-order chi connectivity index (χ1) is 18.3. The van der Waals surface area contributed by atoms with Gasteiger partial charge in [0.05, 0.1) is 28.0 Å². The van der Waals surface area contributed by atoms with E-state index in [1.807, 2.05) is 49.0 Å². The predicted molar refractivity (Wildman–Crippen MR) is 148 cm³/mol. The van der Waals surface area contributed by atoms with Gasteiger partial charge in [-0.3, -0.25) is 14.9 Å². The molecule has 1 saturated heterocycles. The molecular weight excluding hydrogens is 505 g/mol. The second-order valence-corrected chi connectivity index (χ2v) is 10.0. The number of aromatic nitrogens is 3.